The number of halogens is 1. The molecule has 0 unspecified atom stereocenters. The molecule has 3 aromatic rings. The van der Waals surface area contributed by atoms with E-state index in [0.717, 1.165) is 11.0 Å². The minimum Gasteiger partial charge on any atom is -0.495 e. The summed E-state index contributed by atoms with van der Waals surface area (Å²) in [6.45, 7) is 0.590. The zero-order valence-electron chi connectivity index (χ0n) is 14.0. The molecule has 138 valence electrons. The minimum absolute atomic E-state index is 0.0626. The number of hydrogen-bond acceptors (Lipinski definition) is 4. The number of hydrogen-bond donors (Lipinski definition) is 2. The Balaban J connectivity index is 1.64. The fourth-order valence-corrected chi connectivity index (χ4v) is 4.09. The Morgan fingerprint density at radius 1 is 1.23 bits per heavy atom. The zero-order valence-corrected chi connectivity index (χ0v) is 15.6. The van der Waals surface area contributed by atoms with Gasteiger partial charge in [-0.05, 0) is 36.8 Å². The summed E-state index contributed by atoms with van der Waals surface area (Å²) < 4.78 is 33.8. The standard InChI is InChI=1S/C17H18ClN3O4S/c1-25-16-8-7-12(11-13(16)18)26(23,24)19-9-4-10-21-15-6-3-2-5-14(15)20-17(21)22/h2-3,5-8,11,19H,4,9-10H2,1H3,(H,20,22). The molecule has 0 spiro atoms. The van der Waals surface area contributed by atoms with Crippen molar-refractivity contribution in [3.8, 4) is 5.75 Å². The van der Waals surface area contributed by atoms with Gasteiger partial charge in [-0.2, -0.15) is 0 Å². The molecular formula is C17H18ClN3O4S. The maximum Gasteiger partial charge on any atom is 0.326 e. The van der Waals surface area contributed by atoms with Crippen LogP contribution in [0, 0.1) is 0 Å². The highest BCUT2D eigenvalue weighted by molar-refractivity contribution is 7.89. The fraction of sp³-hybridized carbons (Fsp3) is 0.235. The molecule has 0 saturated carbocycles. The normalized spacial score (nSPS) is 11.8. The molecule has 0 amide bonds. The largest absolute Gasteiger partial charge is 0.495 e. The van der Waals surface area contributed by atoms with Gasteiger partial charge in [0, 0.05) is 13.1 Å². The molecule has 0 aliphatic rings. The Bertz CT molecular complexity index is 1090. The van der Waals surface area contributed by atoms with Crippen molar-refractivity contribution in [2.45, 2.75) is 17.9 Å². The average Bonchev–Trinajstić information content (AvgIpc) is 2.94. The highest BCUT2D eigenvalue weighted by Crippen LogP contribution is 2.26. The van der Waals surface area contributed by atoms with E-state index in [1.165, 1.54) is 25.3 Å². The fourth-order valence-electron chi connectivity index (χ4n) is 2.67. The topological polar surface area (TPSA) is 93.2 Å². The Kier molecular flexibility index (Phi) is 5.36. The number of ether oxygens (including phenoxy) is 1. The quantitative estimate of drug-likeness (QED) is 0.600. The average molecular weight is 396 g/mol. The Morgan fingerprint density at radius 2 is 2.00 bits per heavy atom. The second-order valence-corrected chi connectivity index (χ2v) is 7.82. The first kappa shape index (κ1) is 18.5. The van der Waals surface area contributed by atoms with Crippen molar-refractivity contribution < 1.29 is 13.2 Å². The summed E-state index contributed by atoms with van der Waals surface area (Å²) >= 11 is 5.98. The second-order valence-electron chi connectivity index (χ2n) is 5.65. The van der Waals surface area contributed by atoms with Gasteiger partial charge in [-0.15, -0.1) is 0 Å². The van der Waals surface area contributed by atoms with Crippen molar-refractivity contribution in [2.24, 2.45) is 0 Å². The summed E-state index contributed by atoms with van der Waals surface area (Å²) in [5.74, 6) is 0.407. The molecule has 9 heteroatoms. The highest BCUT2D eigenvalue weighted by atomic mass is 35.5. The van der Waals surface area contributed by atoms with Gasteiger partial charge in [0.15, 0.2) is 0 Å². The number of nitrogens with zero attached hydrogens (tertiary/aromatic N) is 1. The number of aryl methyl sites for hydroxylation is 1. The molecule has 0 fully saturated rings. The molecule has 1 aromatic heterocycles. The third-order valence-electron chi connectivity index (χ3n) is 3.97. The predicted molar refractivity (Wildman–Crippen MR) is 100 cm³/mol. The van der Waals surface area contributed by atoms with Gasteiger partial charge >= 0.3 is 5.69 Å². The van der Waals surface area contributed by atoms with E-state index in [1.54, 1.807) is 4.57 Å². The molecule has 2 N–H and O–H groups in total. The van der Waals surface area contributed by atoms with Crippen LogP contribution >= 0.6 is 11.6 Å². The third kappa shape index (κ3) is 3.77. The van der Waals surface area contributed by atoms with Gasteiger partial charge in [-0.1, -0.05) is 23.7 Å². The van der Waals surface area contributed by atoms with Crippen LogP contribution in [-0.2, 0) is 16.6 Å². The van der Waals surface area contributed by atoms with Crippen molar-refractivity contribution in [1.29, 1.82) is 0 Å². The van der Waals surface area contributed by atoms with E-state index in [-0.39, 0.29) is 22.2 Å². The van der Waals surface area contributed by atoms with Gasteiger partial charge in [-0.3, -0.25) is 4.57 Å². The molecule has 3 rings (SSSR count). The van der Waals surface area contributed by atoms with Gasteiger partial charge < -0.3 is 9.72 Å². The summed E-state index contributed by atoms with van der Waals surface area (Å²) in [7, 11) is -2.23. The molecule has 0 saturated heterocycles. The van der Waals surface area contributed by atoms with Crippen molar-refractivity contribution in [1.82, 2.24) is 14.3 Å². The lowest BCUT2D eigenvalue weighted by atomic mass is 10.3. The highest BCUT2D eigenvalue weighted by Gasteiger charge is 2.15. The predicted octanol–water partition coefficient (Wildman–Crippen LogP) is 2.36. The number of methoxy groups -OCH3 is 1. The molecule has 0 aliphatic heterocycles. The number of sulfonamides is 1. The molecular weight excluding hydrogens is 378 g/mol. The van der Waals surface area contributed by atoms with Crippen LogP contribution in [0.1, 0.15) is 6.42 Å². The van der Waals surface area contributed by atoms with E-state index in [2.05, 4.69) is 9.71 Å². The van der Waals surface area contributed by atoms with Gasteiger partial charge in [0.25, 0.3) is 0 Å². The SMILES string of the molecule is COc1ccc(S(=O)(=O)NCCCn2c(=O)[nH]c3ccccc32)cc1Cl. The molecule has 0 bridgehead atoms. The van der Waals surface area contributed by atoms with E-state index in [4.69, 9.17) is 16.3 Å². The van der Waals surface area contributed by atoms with E-state index in [0.29, 0.717) is 18.7 Å². The first-order valence-corrected chi connectivity index (χ1v) is 9.79. The van der Waals surface area contributed by atoms with Crippen molar-refractivity contribution in [3.63, 3.8) is 0 Å². The minimum atomic E-state index is -3.69. The van der Waals surface area contributed by atoms with Crippen molar-refractivity contribution in [3.05, 3.63) is 58.0 Å². The van der Waals surface area contributed by atoms with Crippen LogP contribution < -0.4 is 15.1 Å². The van der Waals surface area contributed by atoms with Crippen LogP contribution in [0.2, 0.25) is 5.02 Å². The third-order valence-corrected chi connectivity index (χ3v) is 5.72. The van der Waals surface area contributed by atoms with Crippen LogP contribution in [0.5, 0.6) is 5.75 Å². The summed E-state index contributed by atoms with van der Waals surface area (Å²) in [5.41, 5.74) is 1.34. The second kappa shape index (κ2) is 7.53. The summed E-state index contributed by atoms with van der Waals surface area (Å²) in [5, 5.41) is 0.223. The zero-order chi connectivity index (χ0) is 18.7. The monoisotopic (exact) mass is 395 g/mol. The summed E-state index contributed by atoms with van der Waals surface area (Å²) in [4.78, 5) is 14.8. The number of H-pyrrole nitrogens is 1. The maximum atomic E-state index is 12.3. The van der Waals surface area contributed by atoms with Gasteiger partial charge in [0.05, 0.1) is 28.1 Å². The number of nitrogens with one attached hydrogen (secondary N) is 2. The first-order valence-electron chi connectivity index (χ1n) is 7.93. The number of benzene rings is 2. The molecule has 0 aliphatic carbocycles. The number of rotatable bonds is 7. The summed E-state index contributed by atoms with van der Waals surface area (Å²) in [6.07, 6.45) is 0.463. The van der Waals surface area contributed by atoms with Crippen LogP contribution in [0.25, 0.3) is 11.0 Å². The van der Waals surface area contributed by atoms with Crippen molar-refractivity contribution >= 4 is 32.7 Å². The molecule has 7 nitrogen and oxygen atoms in total. The number of imidazole rings is 1. The Labute approximate surface area is 155 Å². The lowest BCUT2D eigenvalue weighted by molar-refractivity contribution is 0.414. The van der Waals surface area contributed by atoms with Gasteiger partial charge in [0.1, 0.15) is 5.75 Å². The van der Waals surface area contributed by atoms with Crippen LogP contribution in [0.3, 0.4) is 0 Å². The lowest BCUT2D eigenvalue weighted by Gasteiger charge is -2.09. The van der Waals surface area contributed by atoms with Gasteiger partial charge in [0.2, 0.25) is 10.0 Å². The molecule has 1 heterocycles. The number of aromatic amines is 1. The van der Waals surface area contributed by atoms with Crippen LogP contribution in [-0.4, -0.2) is 31.6 Å². The first-order chi connectivity index (χ1) is 12.4. The number of aromatic nitrogens is 2. The smallest absolute Gasteiger partial charge is 0.326 e. The molecule has 26 heavy (non-hydrogen) atoms. The maximum absolute atomic E-state index is 12.3. The number of para-hydroxylation sites is 2. The van der Waals surface area contributed by atoms with E-state index in [9.17, 15) is 13.2 Å². The van der Waals surface area contributed by atoms with E-state index in [1.807, 2.05) is 24.3 Å². The lowest BCUT2D eigenvalue weighted by Crippen LogP contribution is -2.26. The van der Waals surface area contributed by atoms with Gasteiger partial charge in [-0.25, -0.2) is 17.9 Å². The molecule has 2 aromatic carbocycles. The number of fused-ring (bicyclic) bond motifs is 1. The van der Waals surface area contributed by atoms with E-state index < -0.39 is 10.0 Å². The Morgan fingerprint density at radius 3 is 2.73 bits per heavy atom. The van der Waals surface area contributed by atoms with E-state index >= 15 is 0 Å². The molecule has 0 atom stereocenters. The van der Waals surface area contributed by atoms with Crippen molar-refractivity contribution in [2.75, 3.05) is 13.7 Å². The van der Waals surface area contributed by atoms with Crippen LogP contribution in [0.4, 0.5) is 0 Å². The Hall–Kier alpha value is -2.29. The molecule has 0 radical (unpaired) electrons. The summed E-state index contributed by atoms with van der Waals surface area (Å²) in [6, 6.07) is 11.6. The van der Waals surface area contributed by atoms with Crippen LogP contribution in [0.15, 0.2) is 52.2 Å².